The van der Waals surface area contributed by atoms with E-state index in [1.54, 1.807) is 6.07 Å². The third kappa shape index (κ3) is 10.2. The first-order valence-electron chi connectivity index (χ1n) is 15.0. The smallest absolute Gasteiger partial charge is 0.253 e. The molecule has 2 amide bonds. The average Bonchev–Trinajstić information content (AvgIpc) is 3.45. The summed E-state index contributed by atoms with van der Waals surface area (Å²) in [4.78, 5) is 28.6. The van der Waals surface area contributed by atoms with E-state index < -0.39 is 6.10 Å². The zero-order valence-corrected chi connectivity index (χ0v) is 25.7. The van der Waals surface area contributed by atoms with Crippen LogP contribution >= 0.6 is 12.4 Å². The van der Waals surface area contributed by atoms with Crippen molar-refractivity contribution in [3.8, 4) is 0 Å². The lowest BCUT2D eigenvalue weighted by molar-refractivity contribution is 0.0755. The van der Waals surface area contributed by atoms with Gasteiger partial charge in [-0.25, -0.2) is 0 Å². The van der Waals surface area contributed by atoms with E-state index in [2.05, 4.69) is 55.7 Å². The molecule has 6 nitrogen and oxygen atoms in total. The van der Waals surface area contributed by atoms with Gasteiger partial charge in [0.15, 0.2) is 0 Å². The average molecular weight is 572 g/mol. The molecule has 0 spiro atoms. The van der Waals surface area contributed by atoms with Gasteiger partial charge in [-0.1, -0.05) is 70.7 Å². The van der Waals surface area contributed by atoms with E-state index >= 15 is 0 Å². The molecule has 1 aliphatic rings. The van der Waals surface area contributed by atoms with Crippen molar-refractivity contribution in [3.63, 3.8) is 0 Å². The highest BCUT2D eigenvalue weighted by atomic mass is 35.5. The Morgan fingerprint density at radius 2 is 1.62 bits per heavy atom. The molecule has 1 saturated carbocycles. The van der Waals surface area contributed by atoms with Crippen molar-refractivity contribution in [2.24, 2.45) is 5.92 Å². The number of nitrogens with zero attached hydrogens (tertiary/aromatic N) is 1. The number of aliphatic hydroxyl groups excluding tert-OH is 1. The van der Waals surface area contributed by atoms with E-state index in [1.807, 2.05) is 24.0 Å². The minimum Gasteiger partial charge on any atom is -0.390 e. The van der Waals surface area contributed by atoms with Crippen LogP contribution in [0.2, 0.25) is 0 Å². The Morgan fingerprint density at radius 3 is 2.27 bits per heavy atom. The minimum atomic E-state index is -0.709. The van der Waals surface area contributed by atoms with Crippen LogP contribution in [0.5, 0.6) is 0 Å². The Labute approximate surface area is 247 Å². The molecule has 0 unspecified atom stereocenters. The number of hydrogen-bond acceptors (Lipinski definition) is 4. The van der Waals surface area contributed by atoms with Crippen LogP contribution in [0, 0.1) is 12.8 Å². The third-order valence-electron chi connectivity index (χ3n) is 7.79. The quantitative estimate of drug-likeness (QED) is 0.242. The molecule has 0 aliphatic heterocycles. The van der Waals surface area contributed by atoms with Crippen LogP contribution in [-0.2, 0) is 13.0 Å². The Hall–Kier alpha value is -2.41. The van der Waals surface area contributed by atoms with E-state index in [4.69, 9.17) is 0 Å². The van der Waals surface area contributed by atoms with E-state index in [0.29, 0.717) is 43.2 Å². The predicted molar refractivity (Wildman–Crippen MR) is 166 cm³/mol. The fourth-order valence-corrected chi connectivity index (χ4v) is 5.71. The van der Waals surface area contributed by atoms with Crippen LogP contribution in [0.4, 0.5) is 0 Å². The Balaban J connectivity index is 0.00000560. The van der Waals surface area contributed by atoms with E-state index in [1.165, 1.54) is 24.0 Å². The van der Waals surface area contributed by atoms with Gasteiger partial charge < -0.3 is 20.6 Å². The monoisotopic (exact) mass is 571 g/mol. The van der Waals surface area contributed by atoms with Crippen molar-refractivity contribution in [2.75, 3.05) is 19.6 Å². The van der Waals surface area contributed by atoms with Gasteiger partial charge in [-0.05, 0) is 73.4 Å². The molecule has 7 heteroatoms. The zero-order chi connectivity index (χ0) is 28.2. The predicted octanol–water partition coefficient (Wildman–Crippen LogP) is 6.07. The second-order valence-corrected chi connectivity index (χ2v) is 11.2. The Bertz CT molecular complexity index is 1060. The molecule has 0 radical (unpaired) electrons. The molecule has 2 atom stereocenters. The summed E-state index contributed by atoms with van der Waals surface area (Å²) in [5.41, 5.74) is 4.38. The maximum atomic E-state index is 13.5. The molecule has 0 bridgehead atoms. The lowest BCUT2D eigenvalue weighted by atomic mass is 9.94. The Morgan fingerprint density at radius 1 is 0.975 bits per heavy atom. The summed E-state index contributed by atoms with van der Waals surface area (Å²) < 4.78 is 0. The number of benzene rings is 2. The fourth-order valence-electron chi connectivity index (χ4n) is 5.71. The first kappa shape index (κ1) is 33.8. The first-order valence-corrected chi connectivity index (χ1v) is 15.0. The van der Waals surface area contributed by atoms with Crippen LogP contribution in [-0.4, -0.2) is 53.6 Å². The number of aryl methyl sites for hydroxylation is 2. The van der Waals surface area contributed by atoms with E-state index in [9.17, 15) is 14.7 Å². The summed E-state index contributed by atoms with van der Waals surface area (Å²) in [5.74, 6) is 0.246. The van der Waals surface area contributed by atoms with E-state index in [0.717, 1.165) is 44.1 Å². The third-order valence-corrected chi connectivity index (χ3v) is 7.79. The topological polar surface area (TPSA) is 81.7 Å². The normalized spacial score (nSPS) is 14.8. The van der Waals surface area contributed by atoms with Crippen LogP contribution in [0.25, 0.3) is 0 Å². The van der Waals surface area contributed by atoms with Gasteiger partial charge >= 0.3 is 0 Å². The van der Waals surface area contributed by atoms with Gasteiger partial charge in [0, 0.05) is 37.3 Å². The number of aliphatic hydroxyl groups is 1. The lowest BCUT2D eigenvalue weighted by Crippen LogP contribution is -2.48. The molecule has 0 aromatic heterocycles. The number of hydrogen-bond donors (Lipinski definition) is 3. The number of carbonyl (C=O) groups is 2. The van der Waals surface area contributed by atoms with Crippen LogP contribution in [0.3, 0.4) is 0 Å². The molecule has 3 rings (SSSR count). The molecule has 1 fully saturated rings. The van der Waals surface area contributed by atoms with Gasteiger partial charge in [-0.3, -0.25) is 9.59 Å². The van der Waals surface area contributed by atoms with Crippen LogP contribution < -0.4 is 10.6 Å². The van der Waals surface area contributed by atoms with Gasteiger partial charge in [0.25, 0.3) is 11.8 Å². The van der Waals surface area contributed by atoms with Crippen LogP contribution in [0.15, 0.2) is 42.5 Å². The van der Waals surface area contributed by atoms with Gasteiger partial charge in [0.1, 0.15) is 0 Å². The first-order chi connectivity index (χ1) is 18.8. The van der Waals surface area contributed by atoms with Crippen molar-refractivity contribution in [3.05, 3.63) is 70.3 Å². The molecule has 0 heterocycles. The van der Waals surface area contributed by atoms with Gasteiger partial charge in [-0.15, -0.1) is 12.4 Å². The SMILES string of the molecule is CCCN(CCC)C(=O)c1cc(C)cc(C(=O)N[C@@H](CC2CCCC2)[C@H](O)CNCc2cccc(CC)c2)c1.Cl. The van der Waals surface area contributed by atoms with Crippen molar-refractivity contribution >= 4 is 24.2 Å². The molecule has 2 aromatic rings. The minimum absolute atomic E-state index is 0. The van der Waals surface area contributed by atoms with Crippen molar-refractivity contribution < 1.29 is 14.7 Å². The van der Waals surface area contributed by atoms with Gasteiger partial charge in [-0.2, -0.15) is 0 Å². The summed E-state index contributed by atoms with van der Waals surface area (Å²) >= 11 is 0. The summed E-state index contributed by atoms with van der Waals surface area (Å²) in [7, 11) is 0. The van der Waals surface area contributed by atoms with Gasteiger partial charge in [0.05, 0.1) is 12.1 Å². The zero-order valence-electron chi connectivity index (χ0n) is 24.9. The highest BCUT2D eigenvalue weighted by Gasteiger charge is 2.27. The number of halogens is 1. The summed E-state index contributed by atoms with van der Waals surface area (Å²) in [5, 5.41) is 17.7. The molecule has 2 aromatic carbocycles. The summed E-state index contributed by atoms with van der Waals surface area (Å²) in [6.45, 7) is 10.7. The van der Waals surface area contributed by atoms with Crippen molar-refractivity contribution in [1.29, 1.82) is 0 Å². The second kappa shape index (κ2) is 17.4. The molecule has 1 aliphatic carbocycles. The Kier molecular flexibility index (Phi) is 14.7. The number of rotatable bonds is 15. The lowest BCUT2D eigenvalue weighted by Gasteiger charge is -2.27. The fraction of sp³-hybridized carbons (Fsp3) is 0.576. The molecule has 0 saturated heterocycles. The van der Waals surface area contributed by atoms with Gasteiger partial charge in [0.2, 0.25) is 0 Å². The molecular formula is C33H50ClN3O3. The van der Waals surface area contributed by atoms with Crippen LogP contribution in [0.1, 0.15) is 103 Å². The molecule has 40 heavy (non-hydrogen) atoms. The summed E-state index contributed by atoms with van der Waals surface area (Å²) in [6, 6.07) is 13.5. The second-order valence-electron chi connectivity index (χ2n) is 11.2. The van der Waals surface area contributed by atoms with E-state index in [-0.39, 0.29) is 30.3 Å². The molecule has 3 N–H and O–H groups in total. The van der Waals surface area contributed by atoms with Crippen molar-refractivity contribution in [1.82, 2.24) is 15.5 Å². The van der Waals surface area contributed by atoms with Crippen molar-refractivity contribution in [2.45, 2.75) is 97.8 Å². The molecule has 222 valence electrons. The standard InChI is InChI=1S/C33H49N3O3.ClH/c1-5-15-36(16-6-2)33(39)29-18-24(4)17-28(21-29)32(38)35-30(20-26-11-8-9-12-26)31(37)23-34-22-27-14-10-13-25(7-3)19-27;/h10,13-14,17-19,21,26,30-31,34,37H,5-9,11-12,15-16,20,22-23H2,1-4H3,(H,35,38);1H/t30-,31+;/m0./s1. The number of amides is 2. The highest BCUT2D eigenvalue weighted by Crippen LogP contribution is 2.29. The summed E-state index contributed by atoms with van der Waals surface area (Å²) in [6.07, 6.45) is 7.54. The number of carbonyl (C=O) groups excluding carboxylic acids is 2. The number of nitrogens with one attached hydrogen (secondary N) is 2. The highest BCUT2D eigenvalue weighted by molar-refractivity contribution is 6.00. The largest absolute Gasteiger partial charge is 0.390 e. The molecular weight excluding hydrogens is 522 g/mol. The maximum Gasteiger partial charge on any atom is 0.253 e. The maximum absolute atomic E-state index is 13.5.